The average Bonchev–Trinajstić information content (AvgIpc) is 2.52. The summed E-state index contributed by atoms with van der Waals surface area (Å²) in [5.74, 6) is -0.01000. The Morgan fingerprint density at radius 1 is 1.85 bits per heavy atom. The van der Waals surface area contributed by atoms with Crippen LogP contribution in [-0.4, -0.2) is 22.6 Å². The second kappa shape index (κ2) is 3.97. The van der Waals surface area contributed by atoms with Gasteiger partial charge in [-0.25, -0.2) is 4.99 Å². The number of amidine groups is 1. The largest absolute Gasteiger partial charge is 0.383 e. The Morgan fingerprint density at radius 3 is 3.08 bits per heavy atom. The van der Waals surface area contributed by atoms with E-state index in [1.54, 1.807) is 5.38 Å². The molecule has 0 radical (unpaired) electrons. The quantitative estimate of drug-likeness (QED) is 0.318. The third kappa shape index (κ3) is 2.01. The summed E-state index contributed by atoms with van der Waals surface area (Å²) in [4.78, 5) is 13.6. The van der Waals surface area contributed by atoms with Crippen molar-refractivity contribution >= 4 is 22.9 Å². The maximum Gasteiger partial charge on any atom is 0.291 e. The molecular formula is C6H7N3O3S. The van der Waals surface area contributed by atoms with Gasteiger partial charge in [-0.2, -0.15) is 0 Å². The molecule has 0 saturated carbocycles. The summed E-state index contributed by atoms with van der Waals surface area (Å²) < 4.78 is 0. The zero-order valence-corrected chi connectivity index (χ0v) is 7.32. The van der Waals surface area contributed by atoms with E-state index in [1.165, 1.54) is 6.07 Å². The van der Waals surface area contributed by atoms with Crippen molar-refractivity contribution in [3.8, 4) is 0 Å². The van der Waals surface area contributed by atoms with E-state index >= 15 is 0 Å². The Hall–Kier alpha value is -1.47. The SMILES string of the molecule is NC(=NCO)c1sccc1[N+](=O)[O-]. The first-order chi connectivity index (χ1) is 6.16. The lowest BCUT2D eigenvalue weighted by Gasteiger charge is -1.94. The predicted octanol–water partition coefficient (Wildman–Crippen LogP) is 0.311. The fraction of sp³-hybridized carbons (Fsp3) is 0.167. The average molecular weight is 201 g/mol. The fourth-order valence-corrected chi connectivity index (χ4v) is 1.57. The van der Waals surface area contributed by atoms with Crippen molar-refractivity contribution in [3.05, 3.63) is 26.4 Å². The van der Waals surface area contributed by atoms with E-state index in [0.29, 0.717) is 0 Å². The Labute approximate surface area is 77.5 Å². The third-order valence-electron chi connectivity index (χ3n) is 1.31. The molecule has 1 rings (SSSR count). The van der Waals surface area contributed by atoms with Gasteiger partial charge in [-0.3, -0.25) is 10.1 Å². The highest BCUT2D eigenvalue weighted by molar-refractivity contribution is 7.12. The van der Waals surface area contributed by atoms with Crippen LogP contribution in [0.3, 0.4) is 0 Å². The minimum atomic E-state index is -0.536. The van der Waals surface area contributed by atoms with Crippen LogP contribution in [0.4, 0.5) is 5.69 Å². The first kappa shape index (κ1) is 9.62. The van der Waals surface area contributed by atoms with Gasteiger partial charge in [0.05, 0.1) is 4.92 Å². The molecule has 0 amide bonds. The lowest BCUT2D eigenvalue weighted by atomic mass is 10.4. The number of hydrogen-bond acceptors (Lipinski definition) is 5. The Balaban J connectivity index is 3.07. The van der Waals surface area contributed by atoms with E-state index in [0.717, 1.165) is 11.3 Å². The molecule has 1 aromatic rings. The van der Waals surface area contributed by atoms with Crippen LogP contribution in [0, 0.1) is 10.1 Å². The second-order valence-electron chi connectivity index (χ2n) is 2.08. The van der Waals surface area contributed by atoms with Crippen molar-refractivity contribution in [2.75, 3.05) is 6.73 Å². The predicted molar refractivity (Wildman–Crippen MR) is 48.8 cm³/mol. The number of nitrogens with zero attached hydrogens (tertiary/aromatic N) is 2. The van der Waals surface area contributed by atoms with Crippen molar-refractivity contribution in [1.82, 2.24) is 0 Å². The van der Waals surface area contributed by atoms with Crippen LogP contribution in [-0.2, 0) is 0 Å². The van der Waals surface area contributed by atoms with Gasteiger partial charge >= 0.3 is 0 Å². The van der Waals surface area contributed by atoms with Gasteiger partial charge < -0.3 is 10.8 Å². The summed E-state index contributed by atoms with van der Waals surface area (Å²) in [7, 11) is 0. The number of hydrogen-bond donors (Lipinski definition) is 2. The first-order valence-corrected chi connectivity index (χ1v) is 4.17. The summed E-state index contributed by atoms with van der Waals surface area (Å²) in [6, 6.07) is 1.35. The van der Waals surface area contributed by atoms with Gasteiger partial charge in [0, 0.05) is 6.07 Å². The molecule has 0 unspecified atom stereocenters. The summed E-state index contributed by atoms with van der Waals surface area (Å²) in [5.41, 5.74) is 5.30. The summed E-state index contributed by atoms with van der Waals surface area (Å²) in [5, 5.41) is 20.4. The van der Waals surface area contributed by atoms with Gasteiger partial charge in [0.2, 0.25) is 0 Å². The van der Waals surface area contributed by atoms with Crippen molar-refractivity contribution < 1.29 is 10.0 Å². The number of thiophene rings is 1. The molecular weight excluding hydrogens is 194 g/mol. The van der Waals surface area contributed by atoms with Crippen LogP contribution in [0.25, 0.3) is 0 Å². The van der Waals surface area contributed by atoms with Crippen molar-refractivity contribution in [2.45, 2.75) is 0 Å². The molecule has 7 heteroatoms. The topological polar surface area (TPSA) is 102 Å². The molecule has 0 saturated heterocycles. The summed E-state index contributed by atoms with van der Waals surface area (Å²) in [6.07, 6.45) is 0. The van der Waals surface area contributed by atoms with Crippen LogP contribution in [0.2, 0.25) is 0 Å². The minimum Gasteiger partial charge on any atom is -0.383 e. The maximum absolute atomic E-state index is 10.4. The van der Waals surface area contributed by atoms with Crippen molar-refractivity contribution in [1.29, 1.82) is 0 Å². The molecule has 70 valence electrons. The van der Waals surface area contributed by atoms with E-state index in [9.17, 15) is 10.1 Å². The normalized spacial score (nSPS) is 11.6. The van der Waals surface area contributed by atoms with E-state index in [2.05, 4.69) is 4.99 Å². The molecule has 3 N–H and O–H groups in total. The lowest BCUT2D eigenvalue weighted by Crippen LogP contribution is -2.13. The Morgan fingerprint density at radius 2 is 2.54 bits per heavy atom. The monoisotopic (exact) mass is 201 g/mol. The van der Waals surface area contributed by atoms with Crippen molar-refractivity contribution in [3.63, 3.8) is 0 Å². The molecule has 0 bridgehead atoms. The van der Waals surface area contributed by atoms with Crippen LogP contribution in [0.1, 0.15) is 4.88 Å². The molecule has 0 aliphatic rings. The van der Waals surface area contributed by atoms with Gasteiger partial charge in [-0.05, 0) is 5.38 Å². The van der Waals surface area contributed by atoms with Gasteiger partial charge in [0.15, 0.2) is 0 Å². The standard InChI is InChI=1S/C6H7N3O3S/c7-6(8-3-10)5-4(9(11)12)1-2-13-5/h1-2,10H,3H2,(H2,7,8). The van der Waals surface area contributed by atoms with E-state index in [-0.39, 0.29) is 16.4 Å². The van der Waals surface area contributed by atoms with Crippen molar-refractivity contribution in [2.24, 2.45) is 10.7 Å². The van der Waals surface area contributed by atoms with Gasteiger partial charge in [0.1, 0.15) is 17.4 Å². The lowest BCUT2D eigenvalue weighted by molar-refractivity contribution is -0.384. The van der Waals surface area contributed by atoms with Gasteiger partial charge in [-0.1, -0.05) is 0 Å². The number of aliphatic hydroxyl groups excluding tert-OH is 1. The summed E-state index contributed by atoms with van der Waals surface area (Å²) >= 11 is 1.12. The smallest absolute Gasteiger partial charge is 0.291 e. The maximum atomic E-state index is 10.4. The molecule has 0 aliphatic carbocycles. The number of aliphatic imine (C=N–C) groups is 1. The zero-order chi connectivity index (χ0) is 9.84. The van der Waals surface area contributed by atoms with Crippen LogP contribution >= 0.6 is 11.3 Å². The first-order valence-electron chi connectivity index (χ1n) is 3.30. The number of nitrogens with two attached hydrogens (primary N) is 1. The second-order valence-corrected chi connectivity index (χ2v) is 2.99. The number of nitro groups is 1. The Kier molecular flexibility index (Phi) is 2.93. The molecule has 1 aromatic heterocycles. The number of rotatable bonds is 3. The molecule has 1 heterocycles. The molecule has 0 atom stereocenters. The highest BCUT2D eigenvalue weighted by atomic mass is 32.1. The minimum absolute atomic E-state index is 0.01000. The molecule has 6 nitrogen and oxygen atoms in total. The van der Waals surface area contributed by atoms with E-state index < -0.39 is 11.7 Å². The molecule has 0 spiro atoms. The van der Waals surface area contributed by atoms with Crippen LogP contribution < -0.4 is 5.73 Å². The van der Waals surface area contributed by atoms with Crippen LogP contribution in [0.15, 0.2) is 16.4 Å². The zero-order valence-electron chi connectivity index (χ0n) is 6.51. The third-order valence-corrected chi connectivity index (χ3v) is 2.24. The molecule has 0 fully saturated rings. The van der Waals surface area contributed by atoms with E-state index in [4.69, 9.17) is 10.8 Å². The molecule has 0 aromatic carbocycles. The molecule has 13 heavy (non-hydrogen) atoms. The van der Waals surface area contributed by atoms with E-state index in [1.807, 2.05) is 0 Å². The van der Waals surface area contributed by atoms with Crippen LogP contribution in [0.5, 0.6) is 0 Å². The fourth-order valence-electron chi connectivity index (χ4n) is 0.786. The Bertz CT molecular complexity index is 347. The highest BCUT2D eigenvalue weighted by Crippen LogP contribution is 2.23. The molecule has 0 aliphatic heterocycles. The summed E-state index contributed by atoms with van der Waals surface area (Å²) in [6.45, 7) is -0.471. The van der Waals surface area contributed by atoms with Gasteiger partial charge in [0.25, 0.3) is 5.69 Å². The van der Waals surface area contributed by atoms with Gasteiger partial charge in [-0.15, -0.1) is 11.3 Å². The number of aliphatic hydroxyl groups is 1. The highest BCUT2D eigenvalue weighted by Gasteiger charge is 2.17.